The van der Waals surface area contributed by atoms with Crippen molar-refractivity contribution in [2.24, 2.45) is 0 Å². The van der Waals surface area contributed by atoms with Gasteiger partial charge >= 0.3 is 0 Å². The number of nitrogens with one attached hydrogen (secondary N) is 1. The summed E-state index contributed by atoms with van der Waals surface area (Å²) in [4.78, 5) is 25.3. The van der Waals surface area contributed by atoms with Gasteiger partial charge in [-0.1, -0.05) is 48.0 Å². The topological polar surface area (TPSA) is 85.2 Å². The number of carbonyl (C=O) groups is 1. The van der Waals surface area contributed by atoms with Gasteiger partial charge in [0.1, 0.15) is 11.4 Å². The first-order valence-electron chi connectivity index (χ1n) is 9.53. The summed E-state index contributed by atoms with van der Waals surface area (Å²) in [6, 6.07) is 17.4. The number of hydrogen-bond acceptors (Lipinski definition) is 4. The van der Waals surface area contributed by atoms with Crippen molar-refractivity contribution in [1.29, 1.82) is 0 Å². The lowest BCUT2D eigenvalue weighted by Crippen LogP contribution is -2.35. The average Bonchev–Trinajstić information content (AvgIpc) is 2.70. The molecule has 0 unspecified atom stereocenters. The normalized spacial score (nSPS) is 11.3. The Morgan fingerprint density at radius 1 is 0.967 bits per heavy atom. The van der Waals surface area contributed by atoms with Crippen LogP contribution in [0.4, 0.5) is 0 Å². The molecule has 0 aliphatic carbocycles. The van der Waals surface area contributed by atoms with E-state index in [4.69, 9.17) is 0 Å². The van der Waals surface area contributed by atoms with E-state index in [1.807, 2.05) is 37.3 Å². The molecule has 0 radical (unpaired) electrons. The van der Waals surface area contributed by atoms with Crippen LogP contribution in [-0.2, 0) is 27.7 Å². The van der Waals surface area contributed by atoms with E-state index in [2.05, 4.69) is 5.32 Å². The van der Waals surface area contributed by atoms with Crippen molar-refractivity contribution in [3.8, 4) is 0 Å². The maximum Gasteiger partial charge on any atom is 0.270 e. The van der Waals surface area contributed by atoms with Crippen molar-refractivity contribution in [3.63, 3.8) is 0 Å². The fourth-order valence-corrected chi connectivity index (χ4v) is 4.82. The first-order valence-corrected chi connectivity index (χ1v) is 11.0. The zero-order chi connectivity index (χ0) is 21.9. The molecule has 6 nitrogen and oxygen atoms in total. The smallest absolute Gasteiger partial charge is 0.270 e. The number of hydrogen-bond donors (Lipinski definition) is 1. The highest BCUT2D eigenvalue weighted by molar-refractivity contribution is 7.91. The van der Waals surface area contributed by atoms with Crippen LogP contribution in [0.2, 0.25) is 0 Å². The minimum Gasteiger partial charge on any atom is -0.350 e. The molecule has 0 saturated carbocycles. The van der Waals surface area contributed by atoms with Crippen molar-refractivity contribution in [3.05, 3.63) is 93.4 Å². The molecule has 0 aliphatic rings. The zero-order valence-electron chi connectivity index (χ0n) is 17.2. The summed E-state index contributed by atoms with van der Waals surface area (Å²) in [5.41, 5.74) is 2.04. The Hall–Kier alpha value is -3.19. The van der Waals surface area contributed by atoms with E-state index in [9.17, 15) is 18.0 Å². The summed E-state index contributed by atoms with van der Waals surface area (Å²) in [5, 5.41) is 2.76. The predicted octanol–water partition coefficient (Wildman–Crippen LogP) is 2.92. The van der Waals surface area contributed by atoms with E-state index in [1.165, 1.54) is 16.7 Å². The van der Waals surface area contributed by atoms with Crippen LogP contribution in [0, 0.1) is 20.8 Å². The van der Waals surface area contributed by atoms with Gasteiger partial charge in [-0.3, -0.25) is 9.59 Å². The van der Waals surface area contributed by atoms with Gasteiger partial charge in [-0.05, 0) is 50.1 Å². The summed E-state index contributed by atoms with van der Waals surface area (Å²) in [6.07, 6.45) is 0. The minimum atomic E-state index is -4.01. The number of benzene rings is 2. The molecule has 0 saturated heterocycles. The standard InChI is InChI=1S/C23H24N2O4S/c1-16-9-11-20(12-10-16)30(28,29)22-17(2)13-18(3)25(23(22)27)15-21(26)24-14-19-7-5-4-6-8-19/h4-13H,14-15H2,1-3H3,(H,24,26). The Labute approximate surface area is 176 Å². The van der Waals surface area contributed by atoms with Gasteiger partial charge in [0.25, 0.3) is 5.56 Å². The van der Waals surface area contributed by atoms with Crippen molar-refractivity contribution >= 4 is 15.7 Å². The lowest BCUT2D eigenvalue weighted by molar-refractivity contribution is -0.121. The van der Waals surface area contributed by atoms with Gasteiger partial charge in [-0.2, -0.15) is 0 Å². The number of rotatable bonds is 6. The van der Waals surface area contributed by atoms with E-state index < -0.39 is 15.4 Å². The molecule has 1 aromatic heterocycles. The molecule has 1 amide bonds. The van der Waals surface area contributed by atoms with Gasteiger partial charge in [-0.25, -0.2) is 8.42 Å². The second kappa shape index (κ2) is 8.67. The van der Waals surface area contributed by atoms with Crippen molar-refractivity contribution in [2.75, 3.05) is 0 Å². The Bertz CT molecular complexity index is 1230. The fraction of sp³-hybridized carbons (Fsp3) is 0.217. The SMILES string of the molecule is Cc1ccc(S(=O)(=O)c2c(C)cc(C)n(CC(=O)NCc3ccccc3)c2=O)cc1. The lowest BCUT2D eigenvalue weighted by Gasteiger charge is -2.15. The van der Waals surface area contributed by atoms with E-state index in [-0.39, 0.29) is 22.2 Å². The Balaban J connectivity index is 1.92. The highest BCUT2D eigenvalue weighted by Gasteiger charge is 2.26. The summed E-state index contributed by atoms with van der Waals surface area (Å²) < 4.78 is 27.5. The molecule has 30 heavy (non-hydrogen) atoms. The minimum absolute atomic E-state index is 0.0530. The molecule has 0 spiro atoms. The van der Waals surface area contributed by atoms with Crippen molar-refractivity contribution < 1.29 is 13.2 Å². The molecule has 156 valence electrons. The number of sulfone groups is 1. The van der Waals surface area contributed by atoms with Gasteiger partial charge in [-0.15, -0.1) is 0 Å². The van der Waals surface area contributed by atoms with Crippen LogP contribution in [0.3, 0.4) is 0 Å². The number of pyridine rings is 1. The van der Waals surface area contributed by atoms with Crippen molar-refractivity contribution in [1.82, 2.24) is 9.88 Å². The molecular weight excluding hydrogens is 400 g/mol. The molecule has 3 rings (SSSR count). The molecule has 2 aromatic carbocycles. The number of aryl methyl sites for hydroxylation is 3. The molecule has 3 aromatic rings. The van der Waals surface area contributed by atoms with Crippen LogP contribution in [0.25, 0.3) is 0 Å². The highest BCUT2D eigenvalue weighted by atomic mass is 32.2. The van der Waals surface area contributed by atoms with Crippen LogP contribution in [0.1, 0.15) is 22.4 Å². The van der Waals surface area contributed by atoms with E-state index >= 15 is 0 Å². The molecule has 0 atom stereocenters. The predicted molar refractivity (Wildman–Crippen MR) is 115 cm³/mol. The molecule has 7 heteroatoms. The lowest BCUT2D eigenvalue weighted by atomic mass is 10.2. The first-order chi connectivity index (χ1) is 14.2. The zero-order valence-corrected chi connectivity index (χ0v) is 18.0. The number of amides is 1. The van der Waals surface area contributed by atoms with Gasteiger partial charge in [0.15, 0.2) is 0 Å². The quantitative estimate of drug-likeness (QED) is 0.659. The Morgan fingerprint density at radius 3 is 2.23 bits per heavy atom. The number of aromatic nitrogens is 1. The molecule has 0 aliphatic heterocycles. The summed E-state index contributed by atoms with van der Waals surface area (Å²) >= 11 is 0. The Morgan fingerprint density at radius 2 is 1.60 bits per heavy atom. The van der Waals surface area contributed by atoms with Crippen LogP contribution in [0.5, 0.6) is 0 Å². The van der Waals surface area contributed by atoms with Crippen LogP contribution in [-0.4, -0.2) is 18.9 Å². The molecule has 0 fully saturated rings. The average molecular weight is 425 g/mol. The molecule has 1 heterocycles. The number of carbonyl (C=O) groups excluding carboxylic acids is 1. The summed E-state index contributed by atoms with van der Waals surface area (Å²) in [7, 11) is -4.01. The van der Waals surface area contributed by atoms with Gasteiger partial charge in [0, 0.05) is 12.2 Å². The fourth-order valence-electron chi connectivity index (χ4n) is 3.26. The third-order valence-electron chi connectivity index (χ3n) is 4.88. The van der Waals surface area contributed by atoms with E-state index in [1.54, 1.807) is 32.0 Å². The van der Waals surface area contributed by atoms with Gasteiger partial charge < -0.3 is 9.88 Å². The first kappa shape index (κ1) is 21.5. The molecular formula is C23H24N2O4S. The summed E-state index contributed by atoms with van der Waals surface area (Å²) in [6.45, 7) is 5.20. The highest BCUT2D eigenvalue weighted by Crippen LogP contribution is 2.22. The van der Waals surface area contributed by atoms with Crippen LogP contribution < -0.4 is 10.9 Å². The molecule has 1 N–H and O–H groups in total. The van der Waals surface area contributed by atoms with Gasteiger partial charge in [0.05, 0.1) is 4.90 Å². The largest absolute Gasteiger partial charge is 0.350 e. The monoisotopic (exact) mass is 424 g/mol. The maximum absolute atomic E-state index is 13.1. The van der Waals surface area contributed by atoms with E-state index in [0.717, 1.165) is 11.1 Å². The van der Waals surface area contributed by atoms with Crippen LogP contribution >= 0.6 is 0 Å². The summed E-state index contributed by atoms with van der Waals surface area (Å²) in [5.74, 6) is -0.369. The maximum atomic E-state index is 13.1. The van der Waals surface area contributed by atoms with Crippen molar-refractivity contribution in [2.45, 2.75) is 43.7 Å². The third kappa shape index (κ3) is 4.52. The van der Waals surface area contributed by atoms with Crippen LogP contribution in [0.15, 0.2) is 75.2 Å². The van der Waals surface area contributed by atoms with E-state index in [0.29, 0.717) is 17.8 Å². The van der Waals surface area contributed by atoms with Gasteiger partial charge in [0.2, 0.25) is 15.7 Å². The number of nitrogens with zero attached hydrogens (tertiary/aromatic N) is 1. The molecule has 0 bridgehead atoms. The second-order valence-electron chi connectivity index (χ2n) is 7.27. The second-order valence-corrected chi connectivity index (χ2v) is 9.15. The third-order valence-corrected chi connectivity index (χ3v) is 6.81. The Kier molecular flexibility index (Phi) is 6.22.